The molecular formula is C20H22O. The number of Topliss-reactive ketones (excluding diaryl/α,β-unsaturated/α-hetero) is 1. The zero-order chi connectivity index (χ0) is 15.4. The van der Waals surface area contributed by atoms with Crippen LogP contribution in [0.3, 0.4) is 0 Å². The van der Waals surface area contributed by atoms with Crippen LogP contribution in [0.2, 0.25) is 0 Å². The summed E-state index contributed by atoms with van der Waals surface area (Å²) < 4.78 is 0. The number of aryl methyl sites for hydroxylation is 1. The molecule has 0 saturated carbocycles. The normalized spacial score (nSPS) is 12.1. The Morgan fingerprint density at radius 2 is 1.81 bits per heavy atom. The maximum absolute atomic E-state index is 11.5. The first-order valence-electron chi connectivity index (χ1n) is 7.55. The monoisotopic (exact) mass is 278 g/mol. The molecule has 1 nitrogen and oxygen atoms in total. The van der Waals surface area contributed by atoms with Gasteiger partial charge in [0.1, 0.15) is 0 Å². The highest BCUT2D eigenvalue weighted by Gasteiger charge is 2.14. The second kappa shape index (κ2) is 6.53. The van der Waals surface area contributed by atoms with E-state index < -0.39 is 0 Å². The fourth-order valence-corrected chi connectivity index (χ4v) is 2.58. The van der Waals surface area contributed by atoms with Gasteiger partial charge in [-0.3, -0.25) is 4.79 Å². The van der Waals surface area contributed by atoms with Crippen LogP contribution in [-0.4, -0.2) is 5.78 Å². The van der Waals surface area contributed by atoms with Crippen molar-refractivity contribution in [2.75, 3.05) is 0 Å². The molecule has 1 aliphatic carbocycles. The molecule has 0 atom stereocenters. The number of carbonyl (C=O) groups is 1. The Kier molecular flexibility index (Phi) is 4.74. The Balaban J connectivity index is 0.000000774. The van der Waals surface area contributed by atoms with E-state index in [0.717, 1.165) is 17.5 Å². The molecule has 0 saturated heterocycles. The number of carbonyl (C=O) groups excluding carboxylic acids is 1. The van der Waals surface area contributed by atoms with E-state index in [1.165, 1.54) is 22.3 Å². The van der Waals surface area contributed by atoms with Gasteiger partial charge in [0.25, 0.3) is 0 Å². The van der Waals surface area contributed by atoms with E-state index in [9.17, 15) is 4.79 Å². The minimum Gasteiger partial charge on any atom is -0.295 e. The van der Waals surface area contributed by atoms with Gasteiger partial charge in [0, 0.05) is 5.56 Å². The van der Waals surface area contributed by atoms with Crippen molar-refractivity contribution >= 4 is 17.4 Å². The lowest BCUT2D eigenvalue weighted by Crippen LogP contribution is -1.93. The van der Waals surface area contributed by atoms with Crippen LogP contribution in [0, 0.1) is 6.92 Å². The molecule has 0 amide bonds. The molecule has 1 heteroatoms. The topological polar surface area (TPSA) is 17.1 Å². The van der Waals surface area contributed by atoms with Crippen LogP contribution >= 0.6 is 0 Å². The summed E-state index contributed by atoms with van der Waals surface area (Å²) in [6, 6.07) is 14.5. The molecule has 0 heterocycles. The number of benzene rings is 2. The standard InChI is InChI=1S/C18H16O.C2H6/c1-12-6-7-16-10-18(11-17(16)8-12)15-5-3-4-14(9-15)13(2)19;1-2/h3-9,11H,10H2,1-2H3;1-2H3. The molecule has 1 aliphatic rings. The van der Waals surface area contributed by atoms with Crippen molar-refractivity contribution in [3.8, 4) is 0 Å². The number of hydrogen-bond donors (Lipinski definition) is 0. The van der Waals surface area contributed by atoms with Crippen molar-refractivity contribution in [1.82, 2.24) is 0 Å². The first-order chi connectivity index (χ1) is 10.1. The predicted octanol–water partition coefficient (Wildman–Crippen LogP) is 5.32. The van der Waals surface area contributed by atoms with E-state index >= 15 is 0 Å². The van der Waals surface area contributed by atoms with Gasteiger partial charge in [0.15, 0.2) is 5.78 Å². The summed E-state index contributed by atoms with van der Waals surface area (Å²) in [6.07, 6.45) is 3.19. The van der Waals surface area contributed by atoms with Gasteiger partial charge in [-0.05, 0) is 48.6 Å². The fourth-order valence-electron chi connectivity index (χ4n) is 2.58. The highest BCUT2D eigenvalue weighted by molar-refractivity contribution is 5.96. The number of allylic oxidation sites excluding steroid dienone is 1. The Morgan fingerprint density at radius 1 is 1.05 bits per heavy atom. The van der Waals surface area contributed by atoms with Crippen molar-refractivity contribution in [3.63, 3.8) is 0 Å². The molecule has 0 fully saturated rings. The van der Waals surface area contributed by atoms with Crippen LogP contribution in [-0.2, 0) is 6.42 Å². The lowest BCUT2D eigenvalue weighted by atomic mass is 10.00. The molecule has 3 rings (SSSR count). The molecule has 108 valence electrons. The summed E-state index contributed by atoms with van der Waals surface area (Å²) in [5.41, 5.74) is 7.20. The maximum Gasteiger partial charge on any atom is 0.159 e. The van der Waals surface area contributed by atoms with Gasteiger partial charge in [0.2, 0.25) is 0 Å². The van der Waals surface area contributed by atoms with Crippen molar-refractivity contribution in [1.29, 1.82) is 0 Å². The first kappa shape index (κ1) is 15.2. The van der Waals surface area contributed by atoms with Crippen molar-refractivity contribution in [2.24, 2.45) is 0 Å². The van der Waals surface area contributed by atoms with E-state index in [4.69, 9.17) is 0 Å². The minimum atomic E-state index is 0.119. The predicted molar refractivity (Wildman–Crippen MR) is 90.5 cm³/mol. The number of fused-ring (bicyclic) bond motifs is 1. The smallest absolute Gasteiger partial charge is 0.159 e. The first-order valence-corrected chi connectivity index (χ1v) is 7.55. The summed E-state index contributed by atoms with van der Waals surface area (Å²) in [4.78, 5) is 11.5. The third-order valence-electron chi connectivity index (χ3n) is 3.65. The molecule has 21 heavy (non-hydrogen) atoms. The zero-order valence-corrected chi connectivity index (χ0v) is 13.2. The summed E-state index contributed by atoms with van der Waals surface area (Å²) >= 11 is 0. The number of hydrogen-bond acceptors (Lipinski definition) is 1. The summed E-state index contributed by atoms with van der Waals surface area (Å²) in [5, 5.41) is 0. The van der Waals surface area contributed by atoms with E-state index in [1.54, 1.807) is 6.92 Å². The molecule has 0 aromatic heterocycles. The molecule has 0 bridgehead atoms. The second-order valence-electron chi connectivity index (χ2n) is 5.19. The van der Waals surface area contributed by atoms with Gasteiger partial charge < -0.3 is 0 Å². The third-order valence-corrected chi connectivity index (χ3v) is 3.65. The molecule has 0 N–H and O–H groups in total. The van der Waals surface area contributed by atoms with Gasteiger partial charge in [-0.15, -0.1) is 0 Å². The zero-order valence-electron chi connectivity index (χ0n) is 13.2. The van der Waals surface area contributed by atoms with Crippen LogP contribution in [0.15, 0.2) is 42.5 Å². The Labute approximate surface area is 127 Å². The largest absolute Gasteiger partial charge is 0.295 e. The highest BCUT2D eigenvalue weighted by Crippen LogP contribution is 2.32. The van der Waals surface area contributed by atoms with Gasteiger partial charge in [-0.25, -0.2) is 0 Å². The SMILES string of the molecule is CC.CC(=O)c1cccc(C2=Cc3cc(C)ccc3C2)c1. The maximum atomic E-state index is 11.5. The number of rotatable bonds is 2. The van der Waals surface area contributed by atoms with Gasteiger partial charge >= 0.3 is 0 Å². The van der Waals surface area contributed by atoms with Crippen molar-refractivity contribution in [2.45, 2.75) is 34.1 Å². The fraction of sp³-hybridized carbons (Fsp3) is 0.250. The van der Waals surface area contributed by atoms with E-state index in [0.29, 0.717) is 0 Å². The van der Waals surface area contributed by atoms with Gasteiger partial charge in [-0.2, -0.15) is 0 Å². The molecule has 0 aliphatic heterocycles. The quantitative estimate of drug-likeness (QED) is 0.679. The van der Waals surface area contributed by atoms with Crippen LogP contribution in [0.25, 0.3) is 11.6 Å². The molecular weight excluding hydrogens is 256 g/mol. The Hall–Kier alpha value is -2.15. The molecule has 0 unspecified atom stereocenters. The summed E-state index contributed by atoms with van der Waals surface area (Å²) in [7, 11) is 0. The number of ketones is 1. The van der Waals surface area contributed by atoms with Gasteiger partial charge in [0.05, 0.1) is 0 Å². The molecule has 2 aromatic carbocycles. The molecule has 0 spiro atoms. The lowest BCUT2D eigenvalue weighted by molar-refractivity contribution is 0.101. The molecule has 2 aromatic rings. The van der Waals surface area contributed by atoms with Crippen molar-refractivity contribution < 1.29 is 4.79 Å². The third kappa shape index (κ3) is 3.30. The van der Waals surface area contributed by atoms with Crippen LogP contribution in [0.1, 0.15) is 53.4 Å². The van der Waals surface area contributed by atoms with E-state index in [1.807, 2.05) is 32.0 Å². The van der Waals surface area contributed by atoms with E-state index in [-0.39, 0.29) is 5.78 Å². The van der Waals surface area contributed by atoms with Gasteiger partial charge in [-0.1, -0.05) is 61.9 Å². The van der Waals surface area contributed by atoms with Crippen LogP contribution in [0.5, 0.6) is 0 Å². The Morgan fingerprint density at radius 3 is 2.52 bits per heavy atom. The van der Waals surface area contributed by atoms with E-state index in [2.05, 4.69) is 37.3 Å². The van der Waals surface area contributed by atoms with Crippen LogP contribution < -0.4 is 0 Å². The second-order valence-corrected chi connectivity index (χ2v) is 5.19. The van der Waals surface area contributed by atoms with Crippen molar-refractivity contribution in [3.05, 3.63) is 70.3 Å². The highest BCUT2D eigenvalue weighted by atomic mass is 16.1. The summed E-state index contributed by atoms with van der Waals surface area (Å²) in [6.45, 7) is 7.72. The average Bonchev–Trinajstić information content (AvgIpc) is 2.92. The summed E-state index contributed by atoms with van der Waals surface area (Å²) in [5.74, 6) is 0.119. The minimum absolute atomic E-state index is 0.119. The Bertz CT molecular complexity index is 693. The average molecular weight is 278 g/mol. The lowest BCUT2D eigenvalue weighted by Gasteiger charge is -2.04. The van der Waals surface area contributed by atoms with Crippen LogP contribution in [0.4, 0.5) is 0 Å². The molecule has 0 radical (unpaired) electrons.